The summed E-state index contributed by atoms with van der Waals surface area (Å²) in [7, 11) is 1.64. The standard InChI is InChI=1S/C23H19ClFN3O2/c1-14-21(22(24)28(27-14)19-8-6-18(25)7-9-19)23(29)26-13-15-3-4-17-12-20(30-2)10-5-16(17)11-15/h3-12H,13H2,1-2H3,(H,26,29). The molecule has 1 aromatic heterocycles. The van der Waals surface area contributed by atoms with E-state index in [0.717, 1.165) is 22.1 Å². The molecule has 0 aliphatic carbocycles. The van der Waals surface area contributed by atoms with Crippen LogP contribution in [-0.4, -0.2) is 22.8 Å². The number of benzene rings is 3. The third kappa shape index (κ3) is 3.86. The molecule has 152 valence electrons. The second-order valence-electron chi connectivity index (χ2n) is 6.87. The first-order valence-electron chi connectivity index (χ1n) is 9.32. The average molecular weight is 424 g/mol. The summed E-state index contributed by atoms with van der Waals surface area (Å²) in [4.78, 5) is 12.8. The Balaban J connectivity index is 1.53. The minimum absolute atomic E-state index is 0.183. The highest BCUT2D eigenvalue weighted by molar-refractivity contribution is 6.33. The highest BCUT2D eigenvalue weighted by atomic mass is 35.5. The lowest BCUT2D eigenvalue weighted by Crippen LogP contribution is -2.23. The fraction of sp³-hybridized carbons (Fsp3) is 0.130. The minimum Gasteiger partial charge on any atom is -0.497 e. The van der Waals surface area contributed by atoms with Crippen molar-refractivity contribution in [1.29, 1.82) is 0 Å². The van der Waals surface area contributed by atoms with Gasteiger partial charge in [0.15, 0.2) is 0 Å². The zero-order chi connectivity index (χ0) is 21.3. The Bertz CT molecular complexity index is 1240. The topological polar surface area (TPSA) is 56.1 Å². The van der Waals surface area contributed by atoms with E-state index >= 15 is 0 Å². The molecule has 4 rings (SSSR count). The molecule has 0 bridgehead atoms. The van der Waals surface area contributed by atoms with Gasteiger partial charge in [-0.1, -0.05) is 29.8 Å². The van der Waals surface area contributed by atoms with Gasteiger partial charge in [0.25, 0.3) is 5.91 Å². The Morgan fingerprint density at radius 1 is 1.10 bits per heavy atom. The number of carbonyl (C=O) groups excluding carboxylic acids is 1. The van der Waals surface area contributed by atoms with E-state index in [9.17, 15) is 9.18 Å². The van der Waals surface area contributed by atoms with Crippen LogP contribution in [-0.2, 0) is 6.54 Å². The molecule has 0 spiro atoms. The van der Waals surface area contributed by atoms with Crippen molar-refractivity contribution in [2.75, 3.05) is 7.11 Å². The first kappa shape index (κ1) is 19.9. The molecule has 0 aliphatic heterocycles. The highest BCUT2D eigenvalue weighted by Crippen LogP contribution is 2.25. The van der Waals surface area contributed by atoms with Gasteiger partial charge in [0.2, 0.25) is 0 Å². The van der Waals surface area contributed by atoms with Crippen LogP contribution < -0.4 is 10.1 Å². The largest absolute Gasteiger partial charge is 0.497 e. The van der Waals surface area contributed by atoms with Crippen LogP contribution in [0.4, 0.5) is 4.39 Å². The third-order valence-corrected chi connectivity index (χ3v) is 5.22. The van der Waals surface area contributed by atoms with E-state index in [1.807, 2.05) is 36.4 Å². The number of amides is 1. The Morgan fingerprint density at radius 2 is 1.80 bits per heavy atom. The van der Waals surface area contributed by atoms with E-state index < -0.39 is 0 Å². The van der Waals surface area contributed by atoms with Crippen LogP contribution >= 0.6 is 11.6 Å². The summed E-state index contributed by atoms with van der Waals surface area (Å²) in [5.74, 6) is 0.123. The number of ether oxygens (including phenoxy) is 1. The molecule has 0 fully saturated rings. The molecule has 0 aliphatic rings. The maximum Gasteiger partial charge on any atom is 0.256 e. The van der Waals surface area contributed by atoms with E-state index in [4.69, 9.17) is 16.3 Å². The number of hydrogen-bond donors (Lipinski definition) is 1. The van der Waals surface area contributed by atoms with Gasteiger partial charge in [-0.05, 0) is 65.7 Å². The fourth-order valence-electron chi connectivity index (χ4n) is 3.29. The monoisotopic (exact) mass is 423 g/mol. The summed E-state index contributed by atoms with van der Waals surface area (Å²) in [6.07, 6.45) is 0. The number of carbonyl (C=O) groups is 1. The lowest BCUT2D eigenvalue weighted by atomic mass is 10.1. The van der Waals surface area contributed by atoms with Gasteiger partial charge in [-0.2, -0.15) is 5.10 Å². The maximum atomic E-state index is 13.2. The normalized spacial score (nSPS) is 10.9. The number of nitrogens with one attached hydrogen (secondary N) is 1. The van der Waals surface area contributed by atoms with Gasteiger partial charge < -0.3 is 10.1 Å². The quantitative estimate of drug-likeness (QED) is 0.488. The van der Waals surface area contributed by atoms with Crippen LogP contribution in [0.5, 0.6) is 5.75 Å². The van der Waals surface area contributed by atoms with Crippen LogP contribution in [0.3, 0.4) is 0 Å². The highest BCUT2D eigenvalue weighted by Gasteiger charge is 2.21. The van der Waals surface area contributed by atoms with Crippen LogP contribution in [0.25, 0.3) is 16.5 Å². The Kier molecular flexibility index (Phi) is 5.42. The van der Waals surface area contributed by atoms with Crippen molar-refractivity contribution >= 4 is 28.3 Å². The molecule has 30 heavy (non-hydrogen) atoms. The number of aryl methyl sites for hydroxylation is 1. The Morgan fingerprint density at radius 3 is 2.53 bits per heavy atom. The lowest BCUT2D eigenvalue weighted by molar-refractivity contribution is 0.0950. The van der Waals surface area contributed by atoms with E-state index in [0.29, 0.717) is 23.5 Å². The fourth-order valence-corrected chi connectivity index (χ4v) is 3.65. The maximum absolute atomic E-state index is 13.2. The average Bonchev–Trinajstić information content (AvgIpc) is 3.06. The third-order valence-electron chi connectivity index (χ3n) is 4.87. The van der Waals surface area contributed by atoms with Gasteiger partial charge in [0.1, 0.15) is 16.7 Å². The smallest absolute Gasteiger partial charge is 0.256 e. The predicted molar refractivity (Wildman–Crippen MR) is 115 cm³/mol. The van der Waals surface area contributed by atoms with Gasteiger partial charge in [0, 0.05) is 6.54 Å². The minimum atomic E-state index is -0.356. The molecule has 0 saturated carbocycles. The summed E-state index contributed by atoms with van der Waals surface area (Å²) < 4.78 is 19.9. The number of nitrogens with zero attached hydrogens (tertiary/aromatic N) is 2. The number of methoxy groups -OCH3 is 1. The zero-order valence-electron chi connectivity index (χ0n) is 16.4. The van der Waals surface area contributed by atoms with Crippen molar-refractivity contribution in [2.45, 2.75) is 13.5 Å². The van der Waals surface area contributed by atoms with Crippen molar-refractivity contribution in [3.63, 3.8) is 0 Å². The van der Waals surface area contributed by atoms with Crippen molar-refractivity contribution in [1.82, 2.24) is 15.1 Å². The Hall–Kier alpha value is -3.38. The number of halogens is 2. The number of rotatable bonds is 5. The van der Waals surface area contributed by atoms with Gasteiger partial charge in [-0.15, -0.1) is 0 Å². The molecule has 0 atom stereocenters. The first-order chi connectivity index (χ1) is 14.5. The van der Waals surface area contributed by atoms with Crippen LogP contribution in [0.1, 0.15) is 21.6 Å². The number of aromatic nitrogens is 2. The molecule has 4 aromatic rings. The van der Waals surface area contributed by atoms with Gasteiger partial charge in [-0.25, -0.2) is 9.07 Å². The number of fused-ring (bicyclic) bond motifs is 1. The summed E-state index contributed by atoms with van der Waals surface area (Å²) in [5.41, 5.74) is 2.33. The van der Waals surface area contributed by atoms with E-state index in [2.05, 4.69) is 10.4 Å². The molecule has 0 unspecified atom stereocenters. The van der Waals surface area contributed by atoms with Crippen molar-refractivity contribution in [3.05, 3.63) is 88.5 Å². The molecule has 5 nitrogen and oxygen atoms in total. The first-order valence-corrected chi connectivity index (χ1v) is 9.70. The van der Waals surface area contributed by atoms with E-state index in [1.165, 1.54) is 16.8 Å². The Labute approximate surface area is 178 Å². The zero-order valence-corrected chi connectivity index (χ0v) is 17.2. The number of hydrogen-bond acceptors (Lipinski definition) is 3. The summed E-state index contributed by atoms with van der Waals surface area (Å²) in [6.45, 7) is 2.06. The molecule has 1 amide bonds. The lowest BCUT2D eigenvalue weighted by Gasteiger charge is -2.08. The SMILES string of the molecule is COc1ccc2cc(CNC(=O)c3c(C)nn(-c4ccc(F)cc4)c3Cl)ccc2c1. The van der Waals surface area contributed by atoms with Gasteiger partial charge in [0.05, 0.1) is 24.1 Å². The molecule has 0 radical (unpaired) electrons. The predicted octanol–water partition coefficient (Wildman–Crippen LogP) is 5.07. The molecular formula is C23H19ClFN3O2. The van der Waals surface area contributed by atoms with Crippen LogP contribution in [0, 0.1) is 12.7 Å². The molecule has 1 N–H and O–H groups in total. The van der Waals surface area contributed by atoms with Crippen LogP contribution in [0.2, 0.25) is 5.15 Å². The molecular weight excluding hydrogens is 405 g/mol. The summed E-state index contributed by atoms with van der Waals surface area (Å²) in [6, 6.07) is 17.6. The second kappa shape index (κ2) is 8.16. The van der Waals surface area contributed by atoms with Gasteiger partial charge >= 0.3 is 0 Å². The van der Waals surface area contributed by atoms with Gasteiger partial charge in [-0.3, -0.25) is 4.79 Å². The van der Waals surface area contributed by atoms with Crippen LogP contribution in [0.15, 0.2) is 60.7 Å². The second-order valence-corrected chi connectivity index (χ2v) is 7.23. The molecule has 3 aromatic carbocycles. The van der Waals surface area contributed by atoms with Crippen molar-refractivity contribution < 1.29 is 13.9 Å². The van der Waals surface area contributed by atoms with Crippen molar-refractivity contribution in [3.8, 4) is 11.4 Å². The molecule has 0 saturated heterocycles. The molecule has 7 heteroatoms. The van der Waals surface area contributed by atoms with Crippen molar-refractivity contribution in [2.24, 2.45) is 0 Å². The van der Waals surface area contributed by atoms with E-state index in [-0.39, 0.29) is 16.9 Å². The summed E-state index contributed by atoms with van der Waals surface area (Å²) in [5, 5.41) is 9.53. The molecule has 1 heterocycles. The summed E-state index contributed by atoms with van der Waals surface area (Å²) >= 11 is 6.42. The van der Waals surface area contributed by atoms with E-state index in [1.54, 1.807) is 26.2 Å².